The van der Waals surface area contributed by atoms with Crippen LogP contribution in [-0.2, 0) is 0 Å². The minimum absolute atomic E-state index is 0.505. The van der Waals surface area contributed by atoms with Crippen LogP contribution in [0.5, 0.6) is 0 Å². The number of nitrogens with zero attached hydrogens (tertiary/aromatic N) is 1. The normalized spacial score (nSPS) is 25.3. The van der Waals surface area contributed by atoms with E-state index in [-0.39, 0.29) is 0 Å². The van der Waals surface area contributed by atoms with E-state index >= 15 is 0 Å². The van der Waals surface area contributed by atoms with Gasteiger partial charge in [0.1, 0.15) is 0 Å². The second kappa shape index (κ2) is 5.92. The molecule has 1 saturated carbocycles. The molecule has 106 valence electrons. The van der Waals surface area contributed by atoms with E-state index in [0.29, 0.717) is 5.41 Å². The minimum Gasteiger partial charge on any atom is -0.314 e. The van der Waals surface area contributed by atoms with E-state index < -0.39 is 0 Å². The van der Waals surface area contributed by atoms with Crippen LogP contribution in [0.3, 0.4) is 0 Å². The fraction of sp³-hybridized carbons (Fsp3) is 1.00. The van der Waals surface area contributed by atoms with Gasteiger partial charge in [0.2, 0.25) is 0 Å². The molecule has 1 unspecified atom stereocenters. The van der Waals surface area contributed by atoms with Crippen molar-refractivity contribution in [3.8, 4) is 0 Å². The molecule has 1 aliphatic carbocycles. The van der Waals surface area contributed by atoms with Gasteiger partial charge in [0.05, 0.1) is 0 Å². The van der Waals surface area contributed by atoms with Gasteiger partial charge in [0.25, 0.3) is 0 Å². The summed E-state index contributed by atoms with van der Waals surface area (Å²) in [7, 11) is 0. The van der Waals surface area contributed by atoms with E-state index in [1.807, 2.05) is 0 Å². The largest absolute Gasteiger partial charge is 0.314 e. The highest BCUT2D eigenvalue weighted by atomic mass is 15.1. The van der Waals surface area contributed by atoms with Crippen LogP contribution in [0.1, 0.15) is 53.4 Å². The molecule has 1 N–H and O–H groups in total. The van der Waals surface area contributed by atoms with Crippen molar-refractivity contribution in [1.29, 1.82) is 0 Å². The Morgan fingerprint density at radius 1 is 1.11 bits per heavy atom. The molecule has 1 saturated heterocycles. The summed E-state index contributed by atoms with van der Waals surface area (Å²) in [5.41, 5.74) is 0.505. The standard InChI is InChI=1S/C16H32N2/c1-13(11-17-15-5-6-15)12-18-9-7-14(8-10-18)16(2,3)4/h13-15,17H,5-12H2,1-4H3. The van der Waals surface area contributed by atoms with E-state index in [1.54, 1.807) is 0 Å². The van der Waals surface area contributed by atoms with Gasteiger partial charge in [-0.15, -0.1) is 0 Å². The van der Waals surface area contributed by atoms with E-state index in [0.717, 1.165) is 17.9 Å². The van der Waals surface area contributed by atoms with Gasteiger partial charge in [-0.25, -0.2) is 0 Å². The smallest absolute Gasteiger partial charge is 0.00683 e. The molecular formula is C16H32N2. The molecule has 2 heteroatoms. The van der Waals surface area contributed by atoms with Gasteiger partial charge < -0.3 is 10.2 Å². The zero-order valence-corrected chi connectivity index (χ0v) is 12.8. The summed E-state index contributed by atoms with van der Waals surface area (Å²) in [5, 5.41) is 3.65. The summed E-state index contributed by atoms with van der Waals surface area (Å²) in [6.45, 7) is 14.7. The maximum absolute atomic E-state index is 3.65. The summed E-state index contributed by atoms with van der Waals surface area (Å²) in [6.07, 6.45) is 5.60. The lowest BCUT2D eigenvalue weighted by Gasteiger charge is -2.39. The van der Waals surface area contributed by atoms with E-state index in [4.69, 9.17) is 0 Å². The number of likely N-dealkylation sites (tertiary alicyclic amines) is 1. The van der Waals surface area contributed by atoms with Crippen molar-refractivity contribution in [2.75, 3.05) is 26.2 Å². The number of piperidine rings is 1. The van der Waals surface area contributed by atoms with Crippen LogP contribution in [0.15, 0.2) is 0 Å². The second-order valence-electron chi connectivity index (χ2n) is 7.73. The van der Waals surface area contributed by atoms with Crippen LogP contribution in [0.2, 0.25) is 0 Å². The van der Waals surface area contributed by atoms with Crippen molar-refractivity contribution in [1.82, 2.24) is 10.2 Å². The molecule has 18 heavy (non-hydrogen) atoms. The van der Waals surface area contributed by atoms with E-state index in [1.165, 1.54) is 51.9 Å². The summed E-state index contributed by atoms with van der Waals surface area (Å²) in [6, 6.07) is 0.860. The molecule has 0 spiro atoms. The summed E-state index contributed by atoms with van der Waals surface area (Å²) < 4.78 is 0. The van der Waals surface area contributed by atoms with Gasteiger partial charge in [-0.3, -0.25) is 0 Å². The molecule has 0 aromatic carbocycles. The molecule has 2 aliphatic rings. The minimum atomic E-state index is 0.505. The van der Waals surface area contributed by atoms with Crippen LogP contribution < -0.4 is 5.32 Å². The SMILES string of the molecule is CC(CNC1CC1)CN1CCC(C(C)(C)C)CC1. The molecule has 0 radical (unpaired) electrons. The van der Waals surface area contributed by atoms with Crippen LogP contribution in [0, 0.1) is 17.3 Å². The molecule has 1 atom stereocenters. The average Bonchev–Trinajstić information content (AvgIpc) is 3.09. The Morgan fingerprint density at radius 3 is 2.22 bits per heavy atom. The molecule has 2 nitrogen and oxygen atoms in total. The molecule has 0 amide bonds. The molecule has 1 heterocycles. The lowest BCUT2D eigenvalue weighted by molar-refractivity contribution is 0.102. The van der Waals surface area contributed by atoms with Crippen LogP contribution in [0.4, 0.5) is 0 Å². The first-order chi connectivity index (χ1) is 8.45. The monoisotopic (exact) mass is 252 g/mol. The molecule has 0 bridgehead atoms. The zero-order chi connectivity index (χ0) is 13.2. The van der Waals surface area contributed by atoms with E-state index in [9.17, 15) is 0 Å². The zero-order valence-electron chi connectivity index (χ0n) is 12.8. The predicted molar refractivity (Wildman–Crippen MR) is 78.8 cm³/mol. The Morgan fingerprint density at radius 2 is 1.72 bits per heavy atom. The molecule has 0 aromatic rings. The van der Waals surface area contributed by atoms with Gasteiger partial charge in [-0.1, -0.05) is 27.7 Å². The fourth-order valence-electron chi connectivity index (χ4n) is 3.14. The molecule has 2 fully saturated rings. The summed E-state index contributed by atoms with van der Waals surface area (Å²) in [5.74, 6) is 1.73. The summed E-state index contributed by atoms with van der Waals surface area (Å²) >= 11 is 0. The quantitative estimate of drug-likeness (QED) is 0.809. The van der Waals surface area contributed by atoms with Crippen molar-refractivity contribution >= 4 is 0 Å². The highest BCUT2D eigenvalue weighted by Gasteiger charge is 2.29. The Labute approximate surface area is 114 Å². The average molecular weight is 252 g/mol. The molecule has 0 aromatic heterocycles. The van der Waals surface area contributed by atoms with Crippen LogP contribution >= 0.6 is 0 Å². The number of hydrogen-bond acceptors (Lipinski definition) is 2. The van der Waals surface area contributed by atoms with Crippen molar-refractivity contribution in [2.24, 2.45) is 17.3 Å². The van der Waals surface area contributed by atoms with Gasteiger partial charge in [-0.05, 0) is 62.6 Å². The van der Waals surface area contributed by atoms with Gasteiger partial charge in [0.15, 0.2) is 0 Å². The third kappa shape index (κ3) is 4.55. The number of hydrogen-bond donors (Lipinski definition) is 1. The van der Waals surface area contributed by atoms with Crippen molar-refractivity contribution < 1.29 is 0 Å². The third-order valence-corrected chi connectivity index (χ3v) is 4.71. The highest BCUT2D eigenvalue weighted by molar-refractivity contribution is 4.83. The molecular weight excluding hydrogens is 220 g/mol. The maximum Gasteiger partial charge on any atom is 0.00683 e. The first kappa shape index (κ1) is 14.3. The Bertz CT molecular complexity index is 244. The van der Waals surface area contributed by atoms with Crippen LogP contribution in [-0.4, -0.2) is 37.1 Å². The van der Waals surface area contributed by atoms with Crippen LogP contribution in [0.25, 0.3) is 0 Å². The van der Waals surface area contributed by atoms with Crippen molar-refractivity contribution in [2.45, 2.75) is 59.4 Å². The number of rotatable bonds is 5. The Hall–Kier alpha value is -0.0800. The maximum atomic E-state index is 3.65. The summed E-state index contributed by atoms with van der Waals surface area (Å²) in [4.78, 5) is 2.68. The van der Waals surface area contributed by atoms with Crippen molar-refractivity contribution in [3.05, 3.63) is 0 Å². The first-order valence-electron chi connectivity index (χ1n) is 7.91. The topological polar surface area (TPSA) is 15.3 Å². The number of nitrogens with one attached hydrogen (secondary N) is 1. The molecule has 1 aliphatic heterocycles. The Balaban J connectivity index is 1.63. The first-order valence-corrected chi connectivity index (χ1v) is 7.91. The second-order valence-corrected chi connectivity index (χ2v) is 7.73. The van der Waals surface area contributed by atoms with Gasteiger partial charge >= 0.3 is 0 Å². The third-order valence-electron chi connectivity index (χ3n) is 4.71. The Kier molecular flexibility index (Phi) is 4.71. The van der Waals surface area contributed by atoms with Crippen molar-refractivity contribution in [3.63, 3.8) is 0 Å². The van der Waals surface area contributed by atoms with Gasteiger partial charge in [-0.2, -0.15) is 0 Å². The van der Waals surface area contributed by atoms with Gasteiger partial charge in [0, 0.05) is 12.6 Å². The highest BCUT2D eigenvalue weighted by Crippen LogP contribution is 2.34. The predicted octanol–water partition coefficient (Wildman–Crippen LogP) is 3.13. The lowest BCUT2D eigenvalue weighted by Crippen LogP contribution is -2.41. The van der Waals surface area contributed by atoms with E-state index in [2.05, 4.69) is 37.9 Å². The lowest BCUT2D eigenvalue weighted by atomic mass is 9.75. The fourth-order valence-corrected chi connectivity index (χ4v) is 3.14. The molecule has 2 rings (SSSR count).